The Morgan fingerprint density at radius 3 is 2.88 bits per heavy atom. The highest BCUT2D eigenvalue weighted by atomic mass is 16.5. The van der Waals surface area contributed by atoms with Crippen molar-refractivity contribution >= 4 is 12.0 Å². The van der Waals surface area contributed by atoms with E-state index in [0.29, 0.717) is 24.7 Å². The molecule has 1 aromatic carbocycles. The minimum Gasteiger partial charge on any atom is -0.493 e. The maximum absolute atomic E-state index is 12.7. The van der Waals surface area contributed by atoms with E-state index in [-0.39, 0.29) is 18.1 Å². The zero-order valence-corrected chi connectivity index (χ0v) is 14.4. The molecular weight excluding hydrogens is 306 g/mol. The van der Waals surface area contributed by atoms with Crippen molar-refractivity contribution in [2.24, 2.45) is 0 Å². The van der Waals surface area contributed by atoms with Gasteiger partial charge in [-0.3, -0.25) is 4.79 Å². The van der Waals surface area contributed by atoms with Crippen LogP contribution in [0.15, 0.2) is 24.3 Å². The number of hydrogen-bond acceptors (Lipinski definition) is 4. The van der Waals surface area contributed by atoms with E-state index in [4.69, 9.17) is 14.2 Å². The smallest absolute Gasteiger partial charge is 0.246 e. The number of benzene rings is 1. The maximum atomic E-state index is 12.7. The zero-order chi connectivity index (χ0) is 16.9. The van der Waals surface area contributed by atoms with E-state index in [9.17, 15) is 4.79 Å². The molecule has 0 N–H and O–H groups in total. The normalized spacial score (nSPS) is 23.8. The second-order valence-corrected chi connectivity index (χ2v) is 6.21. The number of hydrogen-bond donors (Lipinski definition) is 0. The Morgan fingerprint density at radius 2 is 2.08 bits per heavy atom. The minimum absolute atomic E-state index is 0.0417. The lowest BCUT2D eigenvalue weighted by molar-refractivity contribution is -0.144. The highest BCUT2D eigenvalue weighted by molar-refractivity contribution is 5.92. The Kier molecular flexibility index (Phi) is 5.41. The van der Waals surface area contributed by atoms with Crippen LogP contribution >= 0.6 is 0 Å². The number of ether oxygens (including phenoxy) is 3. The molecule has 24 heavy (non-hydrogen) atoms. The fraction of sp³-hybridized carbons (Fsp3) is 0.526. The van der Waals surface area contributed by atoms with E-state index in [0.717, 1.165) is 18.4 Å². The van der Waals surface area contributed by atoms with Crippen molar-refractivity contribution < 1.29 is 19.0 Å². The average Bonchev–Trinajstić information content (AvgIpc) is 2.65. The molecule has 0 bridgehead atoms. The maximum Gasteiger partial charge on any atom is 0.246 e. The summed E-state index contributed by atoms with van der Waals surface area (Å²) in [6, 6.07) is 5.86. The van der Waals surface area contributed by atoms with E-state index in [1.807, 2.05) is 23.1 Å². The quantitative estimate of drug-likeness (QED) is 0.796. The van der Waals surface area contributed by atoms with E-state index < -0.39 is 0 Å². The summed E-state index contributed by atoms with van der Waals surface area (Å²) in [5.41, 5.74) is 0.832. The van der Waals surface area contributed by atoms with Gasteiger partial charge in [0.15, 0.2) is 11.5 Å². The first-order chi connectivity index (χ1) is 11.7. The van der Waals surface area contributed by atoms with Gasteiger partial charge >= 0.3 is 0 Å². The Morgan fingerprint density at radius 1 is 1.25 bits per heavy atom. The van der Waals surface area contributed by atoms with Crippen LogP contribution in [0.2, 0.25) is 0 Å². The Bertz CT molecular complexity index is 611. The topological polar surface area (TPSA) is 48.0 Å². The molecule has 2 atom stereocenters. The summed E-state index contributed by atoms with van der Waals surface area (Å²) in [5, 5.41) is 0. The van der Waals surface area contributed by atoms with Crippen molar-refractivity contribution in [1.29, 1.82) is 0 Å². The molecule has 1 saturated heterocycles. The van der Waals surface area contributed by atoms with Crippen LogP contribution in [0.25, 0.3) is 6.08 Å². The molecule has 1 aromatic rings. The third-order valence-corrected chi connectivity index (χ3v) is 4.85. The molecule has 1 aliphatic heterocycles. The second-order valence-electron chi connectivity index (χ2n) is 6.21. The number of nitrogens with zero attached hydrogens (tertiary/aromatic N) is 1. The number of amides is 1. The first-order valence-electron chi connectivity index (χ1n) is 8.56. The highest BCUT2D eigenvalue weighted by Crippen LogP contribution is 2.32. The van der Waals surface area contributed by atoms with Crippen molar-refractivity contribution in [2.45, 2.75) is 37.8 Å². The minimum atomic E-state index is 0.0417. The predicted octanol–water partition coefficient (Wildman–Crippen LogP) is 2.89. The molecule has 0 aromatic heterocycles. The molecule has 1 aliphatic carbocycles. The van der Waals surface area contributed by atoms with Crippen LogP contribution in [0, 0.1) is 0 Å². The number of methoxy groups -OCH3 is 2. The number of fused-ring (bicyclic) bond motifs is 1. The second kappa shape index (κ2) is 7.71. The standard InChI is InChI=1S/C19H25NO4/c1-22-17-9-5-6-14(19(17)23-2)10-11-18(21)20-12-13-24-16-8-4-3-7-15(16)20/h5-6,9-11,15-16H,3-4,7-8,12-13H2,1-2H3/b11-10+. The van der Waals surface area contributed by atoms with E-state index in [1.165, 1.54) is 12.8 Å². The van der Waals surface area contributed by atoms with Gasteiger partial charge in [0, 0.05) is 18.2 Å². The first-order valence-corrected chi connectivity index (χ1v) is 8.56. The first kappa shape index (κ1) is 16.8. The summed E-state index contributed by atoms with van der Waals surface area (Å²) in [6.07, 6.45) is 8.10. The van der Waals surface area contributed by atoms with Gasteiger partial charge in [0.1, 0.15) is 0 Å². The number of carbonyl (C=O) groups excluding carboxylic acids is 1. The van der Waals surface area contributed by atoms with Crippen LogP contribution in [-0.4, -0.2) is 50.3 Å². The highest BCUT2D eigenvalue weighted by Gasteiger charge is 2.35. The lowest BCUT2D eigenvalue weighted by atomic mass is 9.90. The number of rotatable bonds is 4. The van der Waals surface area contributed by atoms with Crippen molar-refractivity contribution in [3.05, 3.63) is 29.8 Å². The average molecular weight is 331 g/mol. The summed E-state index contributed by atoms with van der Waals surface area (Å²) in [4.78, 5) is 14.7. The predicted molar refractivity (Wildman–Crippen MR) is 92.3 cm³/mol. The van der Waals surface area contributed by atoms with Gasteiger partial charge in [-0.15, -0.1) is 0 Å². The van der Waals surface area contributed by atoms with E-state index in [1.54, 1.807) is 26.4 Å². The molecule has 130 valence electrons. The number of carbonyl (C=O) groups is 1. The van der Waals surface area contributed by atoms with Crippen LogP contribution in [0.1, 0.15) is 31.2 Å². The van der Waals surface area contributed by atoms with Crippen molar-refractivity contribution in [3.8, 4) is 11.5 Å². The molecular formula is C19H25NO4. The summed E-state index contributed by atoms with van der Waals surface area (Å²) in [6.45, 7) is 1.29. The number of para-hydroxylation sites is 1. The van der Waals surface area contributed by atoms with Gasteiger partial charge in [-0.1, -0.05) is 25.0 Å². The summed E-state index contributed by atoms with van der Waals surface area (Å²) in [7, 11) is 3.21. The molecule has 1 saturated carbocycles. The van der Waals surface area contributed by atoms with Crippen molar-refractivity contribution in [1.82, 2.24) is 4.90 Å². The Hall–Kier alpha value is -2.01. The monoisotopic (exact) mass is 331 g/mol. The third kappa shape index (κ3) is 3.41. The molecule has 2 fully saturated rings. The largest absolute Gasteiger partial charge is 0.493 e. The summed E-state index contributed by atoms with van der Waals surface area (Å²) < 4.78 is 16.5. The van der Waals surface area contributed by atoms with Gasteiger partial charge in [-0.25, -0.2) is 0 Å². The van der Waals surface area contributed by atoms with Crippen LogP contribution < -0.4 is 9.47 Å². The van der Waals surface area contributed by atoms with Gasteiger partial charge < -0.3 is 19.1 Å². The van der Waals surface area contributed by atoms with E-state index in [2.05, 4.69) is 0 Å². The molecule has 5 heteroatoms. The zero-order valence-electron chi connectivity index (χ0n) is 14.4. The third-order valence-electron chi connectivity index (χ3n) is 4.85. The summed E-state index contributed by atoms with van der Waals surface area (Å²) in [5.74, 6) is 1.34. The molecule has 5 nitrogen and oxygen atoms in total. The molecule has 1 heterocycles. The molecule has 0 radical (unpaired) electrons. The molecule has 0 spiro atoms. The lowest BCUT2D eigenvalue weighted by Gasteiger charge is -2.43. The van der Waals surface area contributed by atoms with Gasteiger partial charge in [0.25, 0.3) is 0 Å². The fourth-order valence-electron chi connectivity index (χ4n) is 3.67. The van der Waals surface area contributed by atoms with Gasteiger partial charge in [-0.2, -0.15) is 0 Å². The van der Waals surface area contributed by atoms with Gasteiger partial charge in [0.2, 0.25) is 5.91 Å². The SMILES string of the molecule is COc1cccc(/C=C/C(=O)N2CCOC3CCCCC32)c1OC. The molecule has 2 unspecified atom stereocenters. The van der Waals surface area contributed by atoms with Gasteiger partial charge in [-0.05, 0) is 25.0 Å². The summed E-state index contributed by atoms with van der Waals surface area (Å²) >= 11 is 0. The van der Waals surface area contributed by atoms with E-state index >= 15 is 0 Å². The van der Waals surface area contributed by atoms with Gasteiger partial charge in [0.05, 0.1) is 33.0 Å². The van der Waals surface area contributed by atoms with Crippen molar-refractivity contribution in [2.75, 3.05) is 27.4 Å². The van der Waals surface area contributed by atoms with Crippen LogP contribution in [0.3, 0.4) is 0 Å². The van der Waals surface area contributed by atoms with Crippen LogP contribution in [0.5, 0.6) is 11.5 Å². The Balaban J connectivity index is 1.75. The molecule has 1 amide bonds. The van der Waals surface area contributed by atoms with Crippen molar-refractivity contribution in [3.63, 3.8) is 0 Å². The Labute approximate surface area is 143 Å². The molecule has 2 aliphatic rings. The van der Waals surface area contributed by atoms with Crippen LogP contribution in [-0.2, 0) is 9.53 Å². The molecule has 3 rings (SSSR count). The number of morpholine rings is 1. The lowest BCUT2D eigenvalue weighted by Crippen LogP contribution is -2.54. The van der Waals surface area contributed by atoms with Crippen LogP contribution in [0.4, 0.5) is 0 Å². The fourth-order valence-corrected chi connectivity index (χ4v) is 3.67.